The molecule has 2 aromatic heterocycles. The molecule has 0 bridgehead atoms. The van der Waals surface area contributed by atoms with Crippen LogP contribution in [0.15, 0.2) is 49.1 Å². The van der Waals surface area contributed by atoms with Gasteiger partial charge in [0.2, 0.25) is 0 Å². The number of hydrogen-bond acceptors (Lipinski definition) is 5. The maximum Gasteiger partial charge on any atom is 0.419 e. The van der Waals surface area contributed by atoms with Crippen molar-refractivity contribution in [1.82, 2.24) is 15.0 Å². The highest BCUT2D eigenvalue weighted by Gasteiger charge is 2.35. The van der Waals surface area contributed by atoms with Crippen LogP contribution in [0, 0.1) is 5.82 Å². The highest BCUT2D eigenvalue weighted by molar-refractivity contribution is 6.31. The normalized spacial score (nSPS) is 14.8. The minimum absolute atomic E-state index is 0.000837. The Bertz CT molecular complexity index is 1050. The molecule has 10 heteroatoms. The molecule has 1 aliphatic rings. The Morgan fingerprint density at radius 3 is 2.37 bits per heavy atom. The average Bonchev–Trinajstić information content (AvgIpc) is 2.75. The summed E-state index contributed by atoms with van der Waals surface area (Å²) in [4.78, 5) is 15.8. The fourth-order valence-corrected chi connectivity index (χ4v) is 3.57. The molecule has 0 N–H and O–H groups in total. The number of hydrogen-bond donors (Lipinski definition) is 0. The fraction of sp³-hybridized carbons (Fsp3) is 0.250. The molecule has 30 heavy (non-hydrogen) atoms. The number of anilines is 2. The summed E-state index contributed by atoms with van der Waals surface area (Å²) in [5, 5.41) is -0.000837. The quantitative estimate of drug-likeness (QED) is 0.557. The predicted octanol–water partition coefficient (Wildman–Crippen LogP) is 4.68. The monoisotopic (exact) mass is 437 g/mol. The maximum absolute atomic E-state index is 13.4. The second-order valence-corrected chi connectivity index (χ2v) is 7.16. The zero-order valence-electron chi connectivity index (χ0n) is 15.6. The third-order valence-corrected chi connectivity index (χ3v) is 5.21. The summed E-state index contributed by atoms with van der Waals surface area (Å²) in [7, 11) is 0. The van der Waals surface area contributed by atoms with Crippen molar-refractivity contribution in [3.8, 4) is 11.3 Å². The number of piperazine rings is 1. The second kappa shape index (κ2) is 8.06. The molecule has 0 spiro atoms. The Kier molecular flexibility index (Phi) is 5.46. The number of benzene rings is 1. The van der Waals surface area contributed by atoms with E-state index in [0.29, 0.717) is 43.3 Å². The highest BCUT2D eigenvalue weighted by atomic mass is 35.5. The molecule has 1 fully saturated rings. The number of alkyl halides is 3. The first-order valence-corrected chi connectivity index (χ1v) is 9.49. The summed E-state index contributed by atoms with van der Waals surface area (Å²) in [5.74, 6) is 0.131. The average molecular weight is 438 g/mol. The van der Waals surface area contributed by atoms with E-state index in [2.05, 4.69) is 15.0 Å². The lowest BCUT2D eigenvalue weighted by Crippen LogP contribution is -2.47. The van der Waals surface area contributed by atoms with Gasteiger partial charge in [0.1, 0.15) is 18.0 Å². The van der Waals surface area contributed by atoms with Crippen LogP contribution in [-0.4, -0.2) is 41.1 Å². The van der Waals surface area contributed by atoms with Crippen LogP contribution in [0.5, 0.6) is 0 Å². The van der Waals surface area contributed by atoms with Gasteiger partial charge in [-0.05, 0) is 24.3 Å². The minimum atomic E-state index is -4.46. The standard InChI is InChI=1S/C20H16ClF4N5/c21-15-9-13(1-2-16(15)22)17-10-19(28-12-27-17)30-7-5-29(6-8-30)18-3-4-26-11-14(18)20(23,24)25/h1-4,9-12H,5-8H2. The Labute approximate surface area is 175 Å². The summed E-state index contributed by atoms with van der Waals surface area (Å²) >= 11 is 5.85. The number of halogens is 5. The molecule has 0 saturated carbocycles. The zero-order valence-corrected chi connectivity index (χ0v) is 16.3. The first-order valence-electron chi connectivity index (χ1n) is 9.11. The van der Waals surface area contributed by atoms with Crippen LogP contribution >= 0.6 is 11.6 Å². The molecule has 1 saturated heterocycles. The van der Waals surface area contributed by atoms with Crippen LogP contribution in [0.25, 0.3) is 11.3 Å². The molecule has 0 aliphatic carbocycles. The lowest BCUT2D eigenvalue weighted by atomic mass is 10.1. The summed E-state index contributed by atoms with van der Waals surface area (Å²) in [6.07, 6.45) is -0.842. The summed E-state index contributed by atoms with van der Waals surface area (Å²) in [6, 6.07) is 7.48. The third kappa shape index (κ3) is 4.16. The van der Waals surface area contributed by atoms with Gasteiger partial charge in [0.15, 0.2) is 0 Å². The molecule has 0 unspecified atom stereocenters. The molecule has 1 aromatic carbocycles. The maximum atomic E-state index is 13.4. The molecule has 0 atom stereocenters. The van der Waals surface area contributed by atoms with Crippen molar-refractivity contribution in [2.75, 3.05) is 36.0 Å². The van der Waals surface area contributed by atoms with Crippen molar-refractivity contribution in [3.63, 3.8) is 0 Å². The first kappa shape index (κ1) is 20.3. The molecule has 156 valence electrons. The number of nitrogens with zero attached hydrogens (tertiary/aromatic N) is 5. The zero-order chi connectivity index (χ0) is 21.3. The van der Waals surface area contributed by atoms with Crippen LogP contribution in [0.1, 0.15) is 5.56 Å². The number of rotatable bonds is 3. The van der Waals surface area contributed by atoms with E-state index >= 15 is 0 Å². The highest BCUT2D eigenvalue weighted by Crippen LogP contribution is 2.36. The summed E-state index contributed by atoms with van der Waals surface area (Å²) in [6.45, 7) is 1.77. The predicted molar refractivity (Wildman–Crippen MR) is 106 cm³/mol. The van der Waals surface area contributed by atoms with E-state index in [9.17, 15) is 17.6 Å². The van der Waals surface area contributed by atoms with E-state index < -0.39 is 17.6 Å². The van der Waals surface area contributed by atoms with Gasteiger partial charge >= 0.3 is 6.18 Å². The van der Waals surface area contributed by atoms with E-state index in [1.54, 1.807) is 17.0 Å². The lowest BCUT2D eigenvalue weighted by molar-refractivity contribution is -0.137. The molecule has 1 aliphatic heterocycles. The fourth-order valence-electron chi connectivity index (χ4n) is 3.39. The van der Waals surface area contributed by atoms with Crippen molar-refractivity contribution < 1.29 is 17.6 Å². The van der Waals surface area contributed by atoms with Gasteiger partial charge in [0.05, 0.1) is 22.0 Å². The van der Waals surface area contributed by atoms with Gasteiger partial charge in [-0.1, -0.05) is 11.6 Å². The van der Waals surface area contributed by atoms with Gasteiger partial charge in [0.25, 0.3) is 0 Å². The first-order chi connectivity index (χ1) is 14.3. The molecule has 3 heterocycles. The number of pyridine rings is 1. The van der Waals surface area contributed by atoms with E-state index in [1.165, 1.54) is 30.7 Å². The van der Waals surface area contributed by atoms with Gasteiger partial charge in [-0.3, -0.25) is 4.98 Å². The van der Waals surface area contributed by atoms with Crippen LogP contribution < -0.4 is 9.80 Å². The van der Waals surface area contributed by atoms with Gasteiger partial charge in [-0.25, -0.2) is 14.4 Å². The largest absolute Gasteiger partial charge is 0.419 e. The smallest absolute Gasteiger partial charge is 0.367 e. The SMILES string of the molecule is Fc1ccc(-c2cc(N3CCN(c4ccncc4C(F)(F)F)CC3)ncn2)cc1Cl. The van der Waals surface area contributed by atoms with Crippen LogP contribution in [0.2, 0.25) is 5.02 Å². The molecular weight excluding hydrogens is 422 g/mol. The molecule has 5 nitrogen and oxygen atoms in total. The van der Waals surface area contributed by atoms with E-state index in [-0.39, 0.29) is 10.7 Å². The van der Waals surface area contributed by atoms with Crippen molar-refractivity contribution in [2.45, 2.75) is 6.18 Å². The molecular formula is C20H16ClF4N5. The van der Waals surface area contributed by atoms with Gasteiger partial charge < -0.3 is 9.80 Å². The van der Waals surface area contributed by atoms with Crippen molar-refractivity contribution in [2.24, 2.45) is 0 Å². The second-order valence-electron chi connectivity index (χ2n) is 6.76. The van der Waals surface area contributed by atoms with Gasteiger partial charge in [-0.15, -0.1) is 0 Å². The lowest BCUT2D eigenvalue weighted by Gasteiger charge is -2.37. The Hall–Kier alpha value is -2.94. The molecule has 0 amide bonds. The Morgan fingerprint density at radius 2 is 1.67 bits per heavy atom. The Morgan fingerprint density at radius 1 is 0.933 bits per heavy atom. The molecule has 4 rings (SSSR count). The van der Waals surface area contributed by atoms with Crippen LogP contribution in [0.3, 0.4) is 0 Å². The summed E-state index contributed by atoms with van der Waals surface area (Å²) in [5.41, 5.74) is 0.616. The van der Waals surface area contributed by atoms with Crippen molar-refractivity contribution in [1.29, 1.82) is 0 Å². The van der Waals surface area contributed by atoms with Crippen molar-refractivity contribution in [3.05, 3.63) is 65.5 Å². The van der Waals surface area contributed by atoms with Crippen LogP contribution in [0.4, 0.5) is 29.1 Å². The topological polar surface area (TPSA) is 45.2 Å². The van der Waals surface area contributed by atoms with Gasteiger partial charge in [-0.2, -0.15) is 13.2 Å². The van der Waals surface area contributed by atoms with E-state index in [1.807, 2.05) is 4.90 Å². The number of aromatic nitrogens is 3. The molecule has 0 radical (unpaired) electrons. The van der Waals surface area contributed by atoms with Crippen LogP contribution in [-0.2, 0) is 6.18 Å². The third-order valence-electron chi connectivity index (χ3n) is 4.92. The Balaban J connectivity index is 1.51. The van der Waals surface area contributed by atoms with E-state index in [0.717, 1.165) is 6.20 Å². The van der Waals surface area contributed by atoms with Crippen molar-refractivity contribution >= 4 is 23.1 Å². The van der Waals surface area contributed by atoms with E-state index in [4.69, 9.17) is 11.6 Å². The minimum Gasteiger partial charge on any atom is -0.367 e. The van der Waals surface area contributed by atoms with Gasteiger partial charge in [0, 0.05) is 50.2 Å². The molecule has 3 aromatic rings. The summed E-state index contributed by atoms with van der Waals surface area (Å²) < 4.78 is 53.2.